The molecule has 0 radical (unpaired) electrons. The third-order valence-electron chi connectivity index (χ3n) is 2.74. The molecular formula is C14H18ClN5O. The summed E-state index contributed by atoms with van der Waals surface area (Å²) in [6, 6.07) is 4.22. The van der Waals surface area contributed by atoms with Gasteiger partial charge in [0.25, 0.3) is 0 Å². The summed E-state index contributed by atoms with van der Waals surface area (Å²) in [6.45, 7) is 4.57. The van der Waals surface area contributed by atoms with Gasteiger partial charge in [-0.25, -0.2) is 0 Å². The molecule has 0 aromatic carbocycles. The molecule has 2 rings (SSSR count). The molecular weight excluding hydrogens is 290 g/mol. The van der Waals surface area contributed by atoms with Crippen LogP contribution in [-0.2, 0) is 6.42 Å². The van der Waals surface area contributed by atoms with Crippen LogP contribution in [0.5, 0.6) is 6.01 Å². The van der Waals surface area contributed by atoms with E-state index in [1.54, 1.807) is 12.4 Å². The average Bonchev–Trinajstić information content (AvgIpc) is 2.44. The van der Waals surface area contributed by atoms with Crippen molar-refractivity contribution < 1.29 is 4.74 Å². The average molecular weight is 308 g/mol. The SMILES string of the molecule is CC(C)Oc1nc(Cl)nc(N(C)CCc2ccncc2)n1. The van der Waals surface area contributed by atoms with Crippen LogP contribution in [0.15, 0.2) is 24.5 Å². The lowest BCUT2D eigenvalue weighted by Gasteiger charge is -2.17. The molecule has 0 amide bonds. The van der Waals surface area contributed by atoms with Crippen LogP contribution in [0.4, 0.5) is 5.95 Å². The third-order valence-corrected chi connectivity index (χ3v) is 2.91. The van der Waals surface area contributed by atoms with Gasteiger partial charge in [-0.3, -0.25) is 4.98 Å². The predicted octanol–water partition coefficient (Wildman–Crippen LogP) is 2.39. The maximum absolute atomic E-state index is 5.92. The van der Waals surface area contributed by atoms with E-state index in [0.717, 1.165) is 13.0 Å². The van der Waals surface area contributed by atoms with Crippen molar-refractivity contribution in [2.24, 2.45) is 0 Å². The van der Waals surface area contributed by atoms with Gasteiger partial charge in [-0.1, -0.05) is 0 Å². The maximum Gasteiger partial charge on any atom is 0.322 e. The molecule has 0 N–H and O–H groups in total. The second kappa shape index (κ2) is 7.17. The third kappa shape index (κ3) is 4.82. The van der Waals surface area contributed by atoms with E-state index in [1.807, 2.05) is 37.9 Å². The smallest absolute Gasteiger partial charge is 0.322 e. The second-order valence-corrected chi connectivity index (χ2v) is 5.22. The van der Waals surface area contributed by atoms with Gasteiger partial charge >= 0.3 is 6.01 Å². The van der Waals surface area contributed by atoms with E-state index in [-0.39, 0.29) is 17.4 Å². The Morgan fingerprint density at radius 1 is 1.19 bits per heavy atom. The topological polar surface area (TPSA) is 64.0 Å². The number of hydrogen-bond donors (Lipinski definition) is 0. The van der Waals surface area contributed by atoms with Gasteiger partial charge in [0.05, 0.1) is 6.10 Å². The van der Waals surface area contributed by atoms with Crippen molar-refractivity contribution in [1.29, 1.82) is 0 Å². The Morgan fingerprint density at radius 3 is 2.57 bits per heavy atom. The molecule has 0 spiro atoms. The van der Waals surface area contributed by atoms with Crippen LogP contribution in [0.1, 0.15) is 19.4 Å². The predicted molar refractivity (Wildman–Crippen MR) is 81.8 cm³/mol. The Bertz CT molecular complexity index is 579. The highest BCUT2D eigenvalue weighted by Crippen LogP contribution is 2.15. The zero-order valence-electron chi connectivity index (χ0n) is 12.3. The molecule has 0 aliphatic carbocycles. The van der Waals surface area contributed by atoms with E-state index in [0.29, 0.717) is 5.95 Å². The fourth-order valence-electron chi connectivity index (χ4n) is 1.70. The van der Waals surface area contributed by atoms with Crippen LogP contribution in [0.25, 0.3) is 0 Å². The summed E-state index contributed by atoms with van der Waals surface area (Å²) in [7, 11) is 1.91. The van der Waals surface area contributed by atoms with E-state index in [2.05, 4.69) is 19.9 Å². The number of pyridine rings is 1. The first kappa shape index (κ1) is 15.4. The summed E-state index contributed by atoms with van der Waals surface area (Å²) in [4.78, 5) is 18.3. The molecule has 0 aliphatic heterocycles. The van der Waals surface area contributed by atoms with Crippen molar-refractivity contribution in [2.75, 3.05) is 18.5 Å². The molecule has 0 atom stereocenters. The Kier molecular flexibility index (Phi) is 5.27. The highest BCUT2D eigenvalue weighted by molar-refractivity contribution is 6.28. The minimum Gasteiger partial charge on any atom is -0.461 e. The van der Waals surface area contributed by atoms with Gasteiger partial charge < -0.3 is 9.64 Å². The molecule has 112 valence electrons. The van der Waals surface area contributed by atoms with Gasteiger partial charge in [-0.15, -0.1) is 0 Å². The molecule has 0 unspecified atom stereocenters. The van der Waals surface area contributed by atoms with Crippen molar-refractivity contribution in [2.45, 2.75) is 26.4 Å². The first-order chi connectivity index (χ1) is 10.0. The quantitative estimate of drug-likeness (QED) is 0.816. The van der Waals surface area contributed by atoms with Gasteiger partial charge in [0.15, 0.2) is 0 Å². The van der Waals surface area contributed by atoms with E-state index >= 15 is 0 Å². The zero-order chi connectivity index (χ0) is 15.2. The summed E-state index contributed by atoms with van der Waals surface area (Å²) >= 11 is 5.92. The lowest BCUT2D eigenvalue weighted by atomic mass is 10.2. The van der Waals surface area contributed by atoms with Crippen LogP contribution in [0.3, 0.4) is 0 Å². The largest absolute Gasteiger partial charge is 0.461 e. The Hall–Kier alpha value is -1.95. The highest BCUT2D eigenvalue weighted by atomic mass is 35.5. The van der Waals surface area contributed by atoms with Gasteiger partial charge in [0.1, 0.15) is 0 Å². The number of halogens is 1. The van der Waals surface area contributed by atoms with Crippen LogP contribution < -0.4 is 9.64 Å². The first-order valence-electron chi connectivity index (χ1n) is 6.73. The zero-order valence-corrected chi connectivity index (χ0v) is 13.1. The molecule has 0 bridgehead atoms. The van der Waals surface area contributed by atoms with E-state index in [9.17, 15) is 0 Å². The van der Waals surface area contributed by atoms with Gasteiger partial charge in [-0.05, 0) is 49.6 Å². The summed E-state index contributed by atoms with van der Waals surface area (Å²) in [5.74, 6) is 0.500. The van der Waals surface area contributed by atoms with Crippen molar-refractivity contribution >= 4 is 17.5 Å². The second-order valence-electron chi connectivity index (χ2n) is 4.88. The molecule has 7 heteroatoms. The molecule has 2 aromatic heterocycles. The van der Waals surface area contributed by atoms with E-state index < -0.39 is 0 Å². The first-order valence-corrected chi connectivity index (χ1v) is 7.10. The minimum absolute atomic E-state index is 0.0153. The van der Waals surface area contributed by atoms with Gasteiger partial charge in [-0.2, -0.15) is 15.0 Å². The van der Waals surface area contributed by atoms with Crippen LogP contribution >= 0.6 is 11.6 Å². The monoisotopic (exact) mass is 307 g/mol. The summed E-state index contributed by atoms with van der Waals surface area (Å²) < 4.78 is 5.47. The Balaban J connectivity index is 2.04. The van der Waals surface area contributed by atoms with Crippen molar-refractivity contribution in [3.8, 4) is 6.01 Å². The van der Waals surface area contributed by atoms with Crippen molar-refractivity contribution in [1.82, 2.24) is 19.9 Å². The van der Waals surface area contributed by atoms with Gasteiger partial charge in [0, 0.05) is 26.0 Å². The van der Waals surface area contributed by atoms with Crippen LogP contribution in [0, 0.1) is 0 Å². The highest BCUT2D eigenvalue weighted by Gasteiger charge is 2.11. The number of likely N-dealkylation sites (N-methyl/N-ethyl adjacent to an activating group) is 1. The Morgan fingerprint density at radius 2 is 1.90 bits per heavy atom. The fourth-order valence-corrected chi connectivity index (χ4v) is 1.85. The number of anilines is 1. The maximum atomic E-state index is 5.92. The van der Waals surface area contributed by atoms with Gasteiger partial charge in [0.2, 0.25) is 11.2 Å². The molecule has 0 saturated heterocycles. The van der Waals surface area contributed by atoms with E-state index in [4.69, 9.17) is 16.3 Å². The van der Waals surface area contributed by atoms with E-state index in [1.165, 1.54) is 5.56 Å². The molecule has 2 heterocycles. The number of rotatable bonds is 6. The fraction of sp³-hybridized carbons (Fsp3) is 0.429. The Labute approximate surface area is 129 Å². The number of nitrogens with zero attached hydrogens (tertiary/aromatic N) is 5. The summed E-state index contributed by atoms with van der Waals surface area (Å²) in [5.41, 5.74) is 1.20. The molecule has 0 saturated carbocycles. The number of hydrogen-bond acceptors (Lipinski definition) is 6. The van der Waals surface area contributed by atoms with Crippen molar-refractivity contribution in [3.05, 3.63) is 35.4 Å². The standard InChI is InChI=1S/C14H18ClN5O/c1-10(2)21-14-18-12(15)17-13(19-14)20(3)9-6-11-4-7-16-8-5-11/h4-5,7-8,10H,6,9H2,1-3H3. The number of ether oxygens (including phenoxy) is 1. The number of aromatic nitrogens is 4. The van der Waals surface area contributed by atoms with Crippen molar-refractivity contribution in [3.63, 3.8) is 0 Å². The molecule has 21 heavy (non-hydrogen) atoms. The molecule has 0 fully saturated rings. The molecule has 2 aromatic rings. The van der Waals surface area contributed by atoms with Crippen LogP contribution in [0.2, 0.25) is 5.28 Å². The summed E-state index contributed by atoms with van der Waals surface area (Å²) in [6.07, 6.45) is 4.41. The summed E-state index contributed by atoms with van der Waals surface area (Å²) in [5, 5.41) is 0.131. The molecule has 0 aliphatic rings. The minimum atomic E-state index is -0.0153. The lowest BCUT2D eigenvalue weighted by molar-refractivity contribution is 0.221. The molecule has 6 nitrogen and oxygen atoms in total. The lowest BCUT2D eigenvalue weighted by Crippen LogP contribution is -2.23. The normalized spacial score (nSPS) is 10.7. The van der Waals surface area contributed by atoms with Crippen LogP contribution in [-0.4, -0.2) is 39.6 Å².